The molecule has 0 aliphatic heterocycles. The number of hydrogen-bond acceptors (Lipinski definition) is 7. The maximum absolute atomic E-state index is 9.57. The smallest absolute Gasteiger partial charge is 0.227 e. The zero-order valence-electron chi connectivity index (χ0n) is 18.7. The lowest BCUT2D eigenvalue weighted by molar-refractivity contribution is 0.271. The van der Waals surface area contributed by atoms with Crippen LogP contribution in [0.1, 0.15) is 46.2 Å². The van der Waals surface area contributed by atoms with Gasteiger partial charge < -0.3 is 20.3 Å². The molecule has 0 unspecified atom stereocenters. The van der Waals surface area contributed by atoms with Crippen molar-refractivity contribution in [1.82, 2.24) is 24.5 Å². The van der Waals surface area contributed by atoms with Crippen molar-refractivity contribution >= 4 is 22.9 Å². The lowest BCUT2D eigenvalue weighted by atomic mass is 10.1. The van der Waals surface area contributed by atoms with Gasteiger partial charge in [-0.25, -0.2) is 4.98 Å². The summed E-state index contributed by atoms with van der Waals surface area (Å²) in [5, 5.41) is 16.2. The number of rotatable bonds is 9. The second-order valence-corrected chi connectivity index (χ2v) is 8.01. The molecule has 3 N–H and O–H groups in total. The molecule has 174 valence electrons. The molecule has 0 radical (unpaired) electrons. The monoisotopic (exact) mass is 447 g/mol. The van der Waals surface area contributed by atoms with Crippen LogP contribution in [-0.2, 0) is 6.54 Å². The number of aliphatic hydroxyl groups excluding tert-OH is 1. The summed E-state index contributed by atoms with van der Waals surface area (Å²) in [6.07, 6.45) is 4.36. The van der Waals surface area contributed by atoms with Crippen molar-refractivity contribution in [1.29, 1.82) is 0 Å². The minimum absolute atomic E-state index is 0. The van der Waals surface area contributed by atoms with Crippen molar-refractivity contribution in [3.05, 3.63) is 60.6 Å². The number of nitrogens with zero attached hydrogens (tertiary/aromatic N) is 5. The molecule has 0 saturated carbocycles. The zero-order valence-corrected chi connectivity index (χ0v) is 18.7. The summed E-state index contributed by atoms with van der Waals surface area (Å²) in [7, 11) is 0. The van der Waals surface area contributed by atoms with Gasteiger partial charge in [0.2, 0.25) is 5.95 Å². The van der Waals surface area contributed by atoms with Crippen molar-refractivity contribution in [3.63, 3.8) is 0 Å². The van der Waals surface area contributed by atoms with Gasteiger partial charge in [-0.1, -0.05) is 44.7 Å². The van der Waals surface area contributed by atoms with E-state index in [1.807, 2.05) is 29.7 Å². The molecule has 0 aliphatic carbocycles. The van der Waals surface area contributed by atoms with Crippen LogP contribution in [0.3, 0.4) is 0 Å². The van der Waals surface area contributed by atoms with E-state index in [-0.39, 0.29) is 26.1 Å². The number of aromatic nitrogens is 5. The average Bonchev–Trinajstić information content (AvgIpc) is 3.26. The first kappa shape index (κ1) is 24.1. The molecule has 8 nitrogen and oxygen atoms in total. The standard InChI is InChI=1S/C24H29N7O.CH4/c1-4-19(14-32)28-24-29-22(21-23(30-24)31(15-27-21)16(2)3)26-13-17-8-10-18(11-9-17)20-7-5-6-12-25-20;/h5-12,15-16,19,32H,4,13-14H2,1-3H3,(H2,26,28,29,30);1H4/t19-;/m1./s1. The average molecular weight is 448 g/mol. The van der Waals surface area contributed by atoms with Crippen molar-refractivity contribution in [2.24, 2.45) is 0 Å². The van der Waals surface area contributed by atoms with E-state index < -0.39 is 0 Å². The largest absolute Gasteiger partial charge is 0.394 e. The van der Waals surface area contributed by atoms with Crippen LogP contribution in [0.25, 0.3) is 22.4 Å². The third kappa shape index (κ3) is 5.46. The van der Waals surface area contributed by atoms with Gasteiger partial charge in [0.1, 0.15) is 0 Å². The van der Waals surface area contributed by atoms with E-state index in [9.17, 15) is 5.11 Å². The van der Waals surface area contributed by atoms with Gasteiger partial charge >= 0.3 is 0 Å². The number of hydrogen-bond donors (Lipinski definition) is 3. The van der Waals surface area contributed by atoms with Crippen LogP contribution in [0.2, 0.25) is 0 Å². The number of fused-ring (bicyclic) bond motifs is 1. The van der Waals surface area contributed by atoms with Crippen LogP contribution >= 0.6 is 0 Å². The maximum atomic E-state index is 9.57. The fourth-order valence-electron chi connectivity index (χ4n) is 3.45. The Morgan fingerprint density at radius 3 is 2.45 bits per heavy atom. The topological polar surface area (TPSA) is 101 Å². The van der Waals surface area contributed by atoms with Crippen LogP contribution < -0.4 is 10.6 Å². The Labute approximate surface area is 195 Å². The molecule has 0 amide bonds. The minimum Gasteiger partial charge on any atom is -0.394 e. The molecule has 0 aliphatic rings. The third-order valence-corrected chi connectivity index (χ3v) is 5.40. The fourth-order valence-corrected chi connectivity index (χ4v) is 3.45. The van der Waals surface area contributed by atoms with Gasteiger partial charge in [0, 0.05) is 24.3 Å². The molecule has 0 spiro atoms. The van der Waals surface area contributed by atoms with E-state index in [0.29, 0.717) is 18.3 Å². The second-order valence-electron chi connectivity index (χ2n) is 8.01. The Morgan fingerprint density at radius 1 is 1.03 bits per heavy atom. The number of pyridine rings is 1. The molecule has 0 bridgehead atoms. The summed E-state index contributed by atoms with van der Waals surface area (Å²) >= 11 is 0. The van der Waals surface area contributed by atoms with Crippen LogP contribution in [0, 0.1) is 0 Å². The first-order chi connectivity index (χ1) is 15.6. The number of aliphatic hydroxyl groups is 1. The molecule has 3 heterocycles. The lowest BCUT2D eigenvalue weighted by Gasteiger charge is -2.16. The highest BCUT2D eigenvalue weighted by Gasteiger charge is 2.16. The molecular weight excluding hydrogens is 414 g/mol. The molecule has 1 aromatic carbocycles. The molecule has 4 aromatic rings. The molecule has 33 heavy (non-hydrogen) atoms. The van der Waals surface area contributed by atoms with Crippen molar-refractivity contribution < 1.29 is 5.11 Å². The van der Waals surface area contributed by atoms with Crippen molar-refractivity contribution in [2.75, 3.05) is 17.2 Å². The molecular formula is C25H33N7O. The number of benzene rings is 1. The Bertz CT molecular complexity index is 1150. The summed E-state index contributed by atoms with van der Waals surface area (Å²) < 4.78 is 2.02. The molecule has 8 heteroatoms. The van der Waals surface area contributed by atoms with E-state index in [1.165, 1.54) is 0 Å². The highest BCUT2D eigenvalue weighted by atomic mass is 16.3. The highest BCUT2D eigenvalue weighted by molar-refractivity contribution is 5.84. The van der Waals surface area contributed by atoms with E-state index in [1.54, 1.807) is 12.5 Å². The summed E-state index contributed by atoms with van der Waals surface area (Å²) in [5.41, 5.74) is 4.64. The van der Waals surface area contributed by atoms with Gasteiger partial charge in [-0.05, 0) is 38.0 Å². The van der Waals surface area contributed by atoms with E-state index >= 15 is 0 Å². The van der Waals surface area contributed by atoms with Crippen LogP contribution in [0.15, 0.2) is 55.0 Å². The van der Waals surface area contributed by atoms with Gasteiger partial charge in [-0.3, -0.25) is 4.98 Å². The number of anilines is 2. The Kier molecular flexibility index (Phi) is 7.95. The van der Waals surface area contributed by atoms with Crippen LogP contribution in [0.4, 0.5) is 11.8 Å². The zero-order chi connectivity index (χ0) is 22.5. The maximum Gasteiger partial charge on any atom is 0.227 e. The lowest BCUT2D eigenvalue weighted by Crippen LogP contribution is -2.24. The predicted molar refractivity (Wildman–Crippen MR) is 134 cm³/mol. The van der Waals surface area contributed by atoms with E-state index in [4.69, 9.17) is 0 Å². The third-order valence-electron chi connectivity index (χ3n) is 5.40. The summed E-state index contributed by atoms with van der Waals surface area (Å²) in [6.45, 7) is 6.81. The molecule has 4 rings (SSSR count). The quantitative estimate of drug-likeness (QED) is 0.335. The van der Waals surface area contributed by atoms with Crippen molar-refractivity contribution in [2.45, 2.75) is 53.2 Å². The summed E-state index contributed by atoms with van der Waals surface area (Å²) in [4.78, 5) is 18.3. The van der Waals surface area contributed by atoms with Gasteiger partial charge in [0.25, 0.3) is 0 Å². The minimum atomic E-state index is -0.102. The highest BCUT2D eigenvalue weighted by Crippen LogP contribution is 2.25. The van der Waals surface area contributed by atoms with E-state index in [0.717, 1.165) is 34.4 Å². The van der Waals surface area contributed by atoms with E-state index in [2.05, 4.69) is 68.7 Å². The van der Waals surface area contributed by atoms with Crippen molar-refractivity contribution in [3.8, 4) is 11.3 Å². The number of imidazole rings is 1. The predicted octanol–water partition coefficient (Wildman–Crippen LogP) is 4.90. The Balaban J connectivity index is 0.00000306. The molecule has 3 aromatic heterocycles. The fraction of sp³-hybridized carbons (Fsp3) is 0.360. The normalized spacial score (nSPS) is 11.9. The SMILES string of the molecule is C.CC[C@H](CO)Nc1nc(NCc2ccc(-c3ccccn3)cc2)c2ncn(C(C)C)c2n1. The van der Waals surface area contributed by atoms with Gasteiger partial charge in [-0.2, -0.15) is 9.97 Å². The first-order valence-corrected chi connectivity index (χ1v) is 10.9. The summed E-state index contributed by atoms with van der Waals surface area (Å²) in [6, 6.07) is 14.3. The van der Waals surface area contributed by atoms with Gasteiger partial charge in [0.15, 0.2) is 17.0 Å². The Hall–Kier alpha value is -3.52. The first-order valence-electron chi connectivity index (χ1n) is 10.9. The van der Waals surface area contributed by atoms with Crippen LogP contribution in [0.5, 0.6) is 0 Å². The summed E-state index contributed by atoms with van der Waals surface area (Å²) in [5.74, 6) is 1.15. The number of nitrogens with one attached hydrogen (secondary N) is 2. The molecule has 0 fully saturated rings. The Morgan fingerprint density at radius 2 is 1.82 bits per heavy atom. The molecule has 1 atom stereocenters. The second kappa shape index (κ2) is 10.9. The molecule has 0 saturated heterocycles. The van der Waals surface area contributed by atoms with Crippen LogP contribution in [-0.4, -0.2) is 42.3 Å². The van der Waals surface area contributed by atoms with Gasteiger partial charge in [-0.15, -0.1) is 0 Å². The van der Waals surface area contributed by atoms with Gasteiger partial charge in [0.05, 0.1) is 24.7 Å².